The van der Waals surface area contributed by atoms with Gasteiger partial charge in [-0.1, -0.05) is 103 Å². The molecule has 0 saturated carbocycles. The average Bonchev–Trinajstić information content (AvgIpc) is 2.98. The Morgan fingerprint density at radius 3 is 1.80 bits per heavy atom. The Morgan fingerprint density at radius 1 is 0.761 bits per heavy atom. The zero-order chi connectivity index (χ0) is 34.5. The molecule has 0 aromatic heterocycles. The second-order valence-electron chi connectivity index (χ2n) is 13.1. The number of carbonyl (C=O) groups excluding carboxylic acids is 3. The first-order valence-corrected chi connectivity index (χ1v) is 19.0. The van der Waals surface area contributed by atoms with Crippen LogP contribution >= 0.6 is 7.82 Å². The molecule has 0 aromatic carbocycles. The molecule has 2 N–H and O–H groups in total. The van der Waals surface area contributed by atoms with Gasteiger partial charge in [0.1, 0.15) is 26.0 Å². The predicted octanol–water partition coefficient (Wildman–Crippen LogP) is 6.83. The van der Waals surface area contributed by atoms with Crippen molar-refractivity contribution in [3.8, 4) is 0 Å². The van der Waals surface area contributed by atoms with Crippen molar-refractivity contribution in [2.45, 2.75) is 141 Å². The zero-order valence-corrected chi connectivity index (χ0v) is 30.1. The number of rotatable bonds is 32. The number of hydrogen-bond acceptors (Lipinski definition) is 9. The van der Waals surface area contributed by atoms with Gasteiger partial charge in [0.15, 0.2) is 6.10 Å². The van der Waals surface area contributed by atoms with Gasteiger partial charge in [0.05, 0.1) is 33.9 Å². The van der Waals surface area contributed by atoms with Crippen LogP contribution in [0, 0.1) is 0 Å². The van der Waals surface area contributed by atoms with Gasteiger partial charge in [-0.15, -0.1) is 0 Å². The molecular weight excluding hydrogens is 613 g/mol. The molecule has 46 heavy (non-hydrogen) atoms. The average molecular weight is 679 g/mol. The van der Waals surface area contributed by atoms with Crippen molar-refractivity contribution in [3.63, 3.8) is 0 Å². The molecule has 0 radical (unpaired) electrons. The fourth-order valence-electron chi connectivity index (χ4n) is 4.63. The van der Waals surface area contributed by atoms with Gasteiger partial charge in [0, 0.05) is 12.8 Å². The number of phosphoric ester groups is 1. The maximum absolute atomic E-state index is 12.4. The number of aldehydes is 1. The van der Waals surface area contributed by atoms with E-state index in [1.165, 1.54) is 82.8 Å². The van der Waals surface area contributed by atoms with Crippen LogP contribution < -0.4 is 0 Å². The number of hydrogen-bond donors (Lipinski definition) is 2. The first-order chi connectivity index (χ1) is 21.9. The summed E-state index contributed by atoms with van der Waals surface area (Å²) in [6, 6.07) is 0. The molecule has 0 spiro atoms. The van der Waals surface area contributed by atoms with Crippen LogP contribution in [0.2, 0.25) is 0 Å². The van der Waals surface area contributed by atoms with E-state index in [0.29, 0.717) is 23.7 Å². The van der Waals surface area contributed by atoms with Crippen LogP contribution in [0.1, 0.15) is 129 Å². The number of quaternary nitrogens is 1. The summed E-state index contributed by atoms with van der Waals surface area (Å²) in [6.07, 6.45) is 20.2. The molecule has 0 aromatic rings. The Morgan fingerprint density at radius 2 is 1.28 bits per heavy atom. The molecule has 270 valence electrons. The van der Waals surface area contributed by atoms with E-state index < -0.39 is 38.6 Å². The second kappa shape index (κ2) is 28.4. The Hall–Kier alpha value is -1.62. The Bertz CT molecular complexity index is 861. The molecule has 0 bridgehead atoms. The second-order valence-corrected chi connectivity index (χ2v) is 14.5. The van der Waals surface area contributed by atoms with E-state index in [1.807, 2.05) is 21.1 Å². The van der Waals surface area contributed by atoms with Gasteiger partial charge in [-0.25, -0.2) is 4.57 Å². The molecule has 12 heteroatoms. The number of unbranched alkanes of at least 4 members (excludes halogenated alkanes) is 14. The Labute approximate surface area is 278 Å². The molecular formula is C34H65NO10P+. The molecule has 0 rings (SSSR count). The molecule has 11 nitrogen and oxygen atoms in total. The monoisotopic (exact) mass is 678 g/mol. The van der Waals surface area contributed by atoms with Crippen LogP contribution in [0.15, 0.2) is 12.2 Å². The van der Waals surface area contributed by atoms with E-state index in [2.05, 4.69) is 6.92 Å². The molecule has 0 aliphatic carbocycles. The zero-order valence-electron chi connectivity index (χ0n) is 29.2. The van der Waals surface area contributed by atoms with Crippen molar-refractivity contribution in [1.29, 1.82) is 0 Å². The summed E-state index contributed by atoms with van der Waals surface area (Å²) in [7, 11) is 1.30. The third kappa shape index (κ3) is 31.0. The maximum Gasteiger partial charge on any atom is 0.472 e. The number of aliphatic hydroxyl groups is 1. The summed E-state index contributed by atoms with van der Waals surface area (Å²) in [5, 5.41) is 9.77. The van der Waals surface area contributed by atoms with Gasteiger partial charge in [0.2, 0.25) is 0 Å². The first kappa shape index (κ1) is 44.4. The van der Waals surface area contributed by atoms with E-state index in [0.717, 1.165) is 19.3 Å². The molecule has 0 aliphatic rings. The number of aliphatic hydroxyl groups excluding tert-OH is 1. The smallest absolute Gasteiger partial charge is 0.462 e. The Balaban J connectivity index is 4.40. The number of ether oxygens (including phenoxy) is 2. The highest BCUT2D eigenvalue weighted by atomic mass is 31.2. The molecule has 0 saturated heterocycles. The van der Waals surface area contributed by atoms with Crippen molar-refractivity contribution in [1.82, 2.24) is 0 Å². The number of likely N-dealkylation sites (N-methyl/N-ethyl adjacent to an activating group) is 1. The van der Waals surface area contributed by atoms with Gasteiger partial charge < -0.3 is 24.0 Å². The summed E-state index contributed by atoms with van der Waals surface area (Å²) in [5.74, 6) is -1.08. The summed E-state index contributed by atoms with van der Waals surface area (Å²) in [6.45, 7) is 1.87. The molecule has 0 heterocycles. The summed E-state index contributed by atoms with van der Waals surface area (Å²) >= 11 is 0. The van der Waals surface area contributed by atoms with E-state index in [-0.39, 0.29) is 38.9 Å². The highest BCUT2D eigenvalue weighted by Crippen LogP contribution is 2.43. The minimum absolute atomic E-state index is 0.0170. The number of allylic oxidation sites excluding steroid dienone is 1. The standard InChI is InChI=1S/C34H64NO10P/c1-5-6-7-8-9-10-11-12-13-14-15-16-17-18-19-24-33(38)42-29-32(30-44-46(40,41)43-28-26-35(2,3)4)45-34(39)25-20-22-31(37)23-21-27-36/h21,23,27,31-32,37H,5-20,22,24-26,28-30H2,1-4H3/p+1/t31?,32-/m1/s1. The lowest BCUT2D eigenvalue weighted by Gasteiger charge is -2.24. The van der Waals surface area contributed by atoms with Gasteiger partial charge >= 0.3 is 19.8 Å². The number of carbonyl (C=O) groups is 3. The van der Waals surface area contributed by atoms with Crippen LogP contribution in [0.3, 0.4) is 0 Å². The molecule has 3 atom stereocenters. The SMILES string of the molecule is CCCCCCCCCCCCCCCCCC(=O)OC[C@H](COP(=O)(O)OCC[N+](C)(C)C)OC(=O)CCCC(O)C=CC=O. The van der Waals surface area contributed by atoms with Crippen molar-refractivity contribution in [2.75, 3.05) is 47.5 Å². The minimum Gasteiger partial charge on any atom is -0.462 e. The van der Waals surface area contributed by atoms with E-state index >= 15 is 0 Å². The highest BCUT2D eigenvalue weighted by Gasteiger charge is 2.27. The third-order valence-electron chi connectivity index (χ3n) is 7.45. The topological polar surface area (TPSA) is 146 Å². The van der Waals surface area contributed by atoms with Crippen molar-refractivity contribution in [3.05, 3.63) is 12.2 Å². The molecule has 0 aliphatic heterocycles. The molecule has 0 amide bonds. The minimum atomic E-state index is -4.43. The largest absolute Gasteiger partial charge is 0.472 e. The van der Waals surface area contributed by atoms with Crippen molar-refractivity contribution >= 4 is 26.0 Å². The third-order valence-corrected chi connectivity index (χ3v) is 8.43. The highest BCUT2D eigenvalue weighted by molar-refractivity contribution is 7.47. The summed E-state index contributed by atoms with van der Waals surface area (Å²) < 4.78 is 33.6. The van der Waals surface area contributed by atoms with Crippen LogP contribution in [0.5, 0.6) is 0 Å². The lowest BCUT2D eigenvalue weighted by atomic mass is 10.0. The predicted molar refractivity (Wildman–Crippen MR) is 180 cm³/mol. The van der Waals surface area contributed by atoms with E-state index in [9.17, 15) is 28.9 Å². The first-order valence-electron chi connectivity index (χ1n) is 17.5. The van der Waals surface area contributed by atoms with Crippen LogP contribution in [-0.4, -0.2) is 92.4 Å². The van der Waals surface area contributed by atoms with Gasteiger partial charge in [-0.2, -0.15) is 0 Å². The summed E-state index contributed by atoms with van der Waals surface area (Å²) in [5.41, 5.74) is 0. The maximum atomic E-state index is 12.4. The number of phosphoric acid groups is 1. The Kier molecular flexibility index (Phi) is 27.4. The lowest BCUT2D eigenvalue weighted by molar-refractivity contribution is -0.870. The fourth-order valence-corrected chi connectivity index (χ4v) is 5.37. The fraction of sp³-hybridized carbons (Fsp3) is 0.853. The number of nitrogens with zero attached hydrogens (tertiary/aromatic N) is 1. The van der Waals surface area contributed by atoms with Gasteiger partial charge in [-0.05, 0) is 25.3 Å². The summed E-state index contributed by atoms with van der Waals surface area (Å²) in [4.78, 5) is 45.1. The number of esters is 2. The van der Waals surface area contributed by atoms with Crippen molar-refractivity contribution < 1.29 is 52.0 Å². The normalized spacial score (nSPS) is 14.6. The van der Waals surface area contributed by atoms with E-state index in [1.54, 1.807) is 0 Å². The van der Waals surface area contributed by atoms with Crippen LogP contribution in [0.25, 0.3) is 0 Å². The van der Waals surface area contributed by atoms with Crippen molar-refractivity contribution in [2.24, 2.45) is 0 Å². The molecule has 0 fully saturated rings. The van der Waals surface area contributed by atoms with Gasteiger partial charge in [0.25, 0.3) is 0 Å². The quantitative estimate of drug-likeness (QED) is 0.0194. The molecule has 2 unspecified atom stereocenters. The lowest BCUT2D eigenvalue weighted by Crippen LogP contribution is -2.37. The van der Waals surface area contributed by atoms with Gasteiger partial charge in [-0.3, -0.25) is 23.4 Å². The van der Waals surface area contributed by atoms with Crippen LogP contribution in [0.4, 0.5) is 0 Å². The van der Waals surface area contributed by atoms with E-state index in [4.69, 9.17) is 18.5 Å². The van der Waals surface area contributed by atoms with Crippen LogP contribution in [-0.2, 0) is 37.5 Å².